The molecule has 0 amide bonds. The first-order valence-corrected chi connectivity index (χ1v) is 5.50. The highest BCUT2D eigenvalue weighted by Crippen LogP contribution is 2.36. The van der Waals surface area contributed by atoms with Gasteiger partial charge in [-0.3, -0.25) is 0 Å². The molecule has 1 heterocycles. The third-order valence-corrected chi connectivity index (χ3v) is 2.92. The molecule has 1 aromatic rings. The molecule has 1 aliphatic heterocycles. The van der Waals surface area contributed by atoms with Crippen LogP contribution in [0, 0.1) is 0 Å². The quantitative estimate of drug-likeness (QED) is 0.765. The van der Waals surface area contributed by atoms with Crippen LogP contribution in [0.15, 0.2) is 30.3 Å². The Hall–Kier alpha value is -0.860. The molecule has 1 N–H and O–H groups in total. The molecule has 0 aliphatic carbocycles. The van der Waals surface area contributed by atoms with E-state index in [4.69, 9.17) is 4.74 Å². The Morgan fingerprint density at radius 3 is 2.53 bits per heavy atom. The van der Waals surface area contributed by atoms with Gasteiger partial charge < -0.3 is 9.84 Å². The van der Waals surface area contributed by atoms with E-state index in [0.717, 1.165) is 12.0 Å². The Bertz CT molecular complexity index is 319. The maximum Gasteiger partial charge on any atom is 0.0855 e. The van der Waals surface area contributed by atoms with Gasteiger partial charge in [0, 0.05) is 12.8 Å². The normalized spacial score (nSPS) is 36.5. The summed E-state index contributed by atoms with van der Waals surface area (Å²) in [5.41, 5.74) is 0.558. The SMILES string of the molecule is C[C@@H]1C[C@@](C)(O)C[C@H](c2ccccc2)O1. The highest BCUT2D eigenvalue weighted by Gasteiger charge is 2.34. The Balaban J connectivity index is 2.17. The van der Waals surface area contributed by atoms with Gasteiger partial charge in [-0.25, -0.2) is 0 Å². The second kappa shape index (κ2) is 3.95. The molecule has 1 saturated heterocycles. The first kappa shape index (κ1) is 10.7. The lowest BCUT2D eigenvalue weighted by Gasteiger charge is -2.38. The van der Waals surface area contributed by atoms with Gasteiger partial charge in [0.05, 0.1) is 17.8 Å². The Morgan fingerprint density at radius 2 is 1.93 bits per heavy atom. The highest BCUT2D eigenvalue weighted by atomic mass is 16.5. The summed E-state index contributed by atoms with van der Waals surface area (Å²) >= 11 is 0. The molecule has 2 nitrogen and oxygen atoms in total. The van der Waals surface area contributed by atoms with Crippen molar-refractivity contribution in [3.8, 4) is 0 Å². The number of hydrogen-bond acceptors (Lipinski definition) is 2. The molecule has 3 atom stereocenters. The van der Waals surface area contributed by atoms with Crippen LogP contribution in [0.5, 0.6) is 0 Å². The zero-order valence-electron chi connectivity index (χ0n) is 9.31. The van der Waals surface area contributed by atoms with Gasteiger partial charge in [0.25, 0.3) is 0 Å². The molecule has 0 radical (unpaired) electrons. The summed E-state index contributed by atoms with van der Waals surface area (Å²) in [6.45, 7) is 3.91. The molecule has 82 valence electrons. The van der Waals surface area contributed by atoms with E-state index >= 15 is 0 Å². The van der Waals surface area contributed by atoms with Gasteiger partial charge in [-0.1, -0.05) is 30.3 Å². The summed E-state index contributed by atoms with van der Waals surface area (Å²) < 4.78 is 5.85. The van der Waals surface area contributed by atoms with Gasteiger partial charge in [0.1, 0.15) is 0 Å². The molecule has 2 heteroatoms. The van der Waals surface area contributed by atoms with Gasteiger partial charge in [-0.05, 0) is 19.4 Å². The monoisotopic (exact) mass is 206 g/mol. The van der Waals surface area contributed by atoms with Crippen LogP contribution < -0.4 is 0 Å². The second-order valence-electron chi connectivity index (χ2n) is 4.75. The number of ether oxygens (including phenoxy) is 1. The van der Waals surface area contributed by atoms with Gasteiger partial charge in [0.15, 0.2) is 0 Å². The van der Waals surface area contributed by atoms with Crippen LogP contribution in [0.4, 0.5) is 0 Å². The van der Waals surface area contributed by atoms with Gasteiger partial charge in [-0.2, -0.15) is 0 Å². The fourth-order valence-electron chi connectivity index (χ4n) is 2.34. The van der Waals surface area contributed by atoms with Crippen molar-refractivity contribution in [2.75, 3.05) is 0 Å². The maximum atomic E-state index is 10.1. The van der Waals surface area contributed by atoms with Crippen molar-refractivity contribution in [1.82, 2.24) is 0 Å². The molecular formula is C13H18O2. The minimum atomic E-state index is -0.599. The van der Waals surface area contributed by atoms with E-state index in [1.807, 2.05) is 32.0 Å². The summed E-state index contributed by atoms with van der Waals surface area (Å²) in [5, 5.41) is 10.1. The maximum absolute atomic E-state index is 10.1. The second-order valence-corrected chi connectivity index (χ2v) is 4.75. The average molecular weight is 206 g/mol. The minimum absolute atomic E-state index is 0.0324. The van der Waals surface area contributed by atoms with Crippen molar-refractivity contribution in [3.63, 3.8) is 0 Å². The molecule has 1 aliphatic rings. The molecule has 0 bridgehead atoms. The van der Waals surface area contributed by atoms with E-state index < -0.39 is 5.60 Å². The summed E-state index contributed by atoms with van der Waals surface area (Å²) in [5.74, 6) is 0. The summed E-state index contributed by atoms with van der Waals surface area (Å²) in [4.78, 5) is 0. The van der Waals surface area contributed by atoms with Crippen LogP contribution in [0.3, 0.4) is 0 Å². The molecule has 2 rings (SSSR count). The largest absolute Gasteiger partial charge is 0.390 e. The summed E-state index contributed by atoms with van der Waals surface area (Å²) in [6, 6.07) is 10.1. The number of benzene rings is 1. The molecule has 1 aromatic carbocycles. The molecule has 0 aromatic heterocycles. The lowest BCUT2D eigenvalue weighted by atomic mass is 9.87. The van der Waals surface area contributed by atoms with Crippen LogP contribution >= 0.6 is 0 Å². The Morgan fingerprint density at radius 1 is 1.27 bits per heavy atom. The third-order valence-electron chi connectivity index (χ3n) is 2.92. The van der Waals surface area contributed by atoms with Crippen LogP contribution in [0.25, 0.3) is 0 Å². The summed E-state index contributed by atoms with van der Waals surface area (Å²) in [6.07, 6.45) is 1.56. The van der Waals surface area contributed by atoms with Crippen LogP contribution in [-0.4, -0.2) is 16.8 Å². The van der Waals surface area contributed by atoms with Crippen LogP contribution in [-0.2, 0) is 4.74 Å². The van der Waals surface area contributed by atoms with Crippen molar-refractivity contribution >= 4 is 0 Å². The fourth-order valence-corrected chi connectivity index (χ4v) is 2.34. The molecule has 15 heavy (non-hydrogen) atoms. The van der Waals surface area contributed by atoms with Crippen molar-refractivity contribution in [2.45, 2.75) is 44.5 Å². The number of hydrogen-bond donors (Lipinski definition) is 1. The standard InChI is InChI=1S/C13H18O2/c1-10-8-13(2,14)9-12(15-10)11-6-4-3-5-7-11/h3-7,10,12,14H,8-9H2,1-2H3/t10-,12-,13-/m1/s1. The lowest BCUT2D eigenvalue weighted by Crippen LogP contribution is -2.38. The van der Waals surface area contributed by atoms with E-state index in [2.05, 4.69) is 12.1 Å². The predicted octanol–water partition coefficient (Wildman–Crippen LogP) is 2.68. The first-order chi connectivity index (χ1) is 7.07. The van der Waals surface area contributed by atoms with Gasteiger partial charge in [-0.15, -0.1) is 0 Å². The molecule has 1 fully saturated rings. The van der Waals surface area contributed by atoms with E-state index in [1.54, 1.807) is 0 Å². The fraction of sp³-hybridized carbons (Fsp3) is 0.538. The number of rotatable bonds is 1. The molecular weight excluding hydrogens is 188 g/mol. The van der Waals surface area contributed by atoms with Gasteiger partial charge in [0.2, 0.25) is 0 Å². The van der Waals surface area contributed by atoms with Crippen LogP contribution in [0.2, 0.25) is 0 Å². The molecule has 0 spiro atoms. The molecule has 0 unspecified atom stereocenters. The molecule has 0 saturated carbocycles. The average Bonchev–Trinajstić information content (AvgIpc) is 2.16. The van der Waals surface area contributed by atoms with E-state index in [9.17, 15) is 5.11 Å². The van der Waals surface area contributed by atoms with Crippen molar-refractivity contribution < 1.29 is 9.84 Å². The lowest BCUT2D eigenvalue weighted by molar-refractivity contribution is -0.131. The summed E-state index contributed by atoms with van der Waals surface area (Å²) in [7, 11) is 0. The zero-order valence-corrected chi connectivity index (χ0v) is 9.31. The Kier molecular flexibility index (Phi) is 2.81. The first-order valence-electron chi connectivity index (χ1n) is 5.50. The van der Waals surface area contributed by atoms with Crippen LogP contribution in [0.1, 0.15) is 38.4 Å². The van der Waals surface area contributed by atoms with E-state index in [0.29, 0.717) is 6.42 Å². The minimum Gasteiger partial charge on any atom is -0.390 e. The zero-order chi connectivity index (χ0) is 10.9. The topological polar surface area (TPSA) is 29.5 Å². The van der Waals surface area contributed by atoms with Crippen molar-refractivity contribution in [2.24, 2.45) is 0 Å². The van der Waals surface area contributed by atoms with Gasteiger partial charge >= 0.3 is 0 Å². The van der Waals surface area contributed by atoms with E-state index in [-0.39, 0.29) is 12.2 Å². The highest BCUT2D eigenvalue weighted by molar-refractivity contribution is 5.18. The number of aliphatic hydroxyl groups is 1. The Labute approximate surface area is 90.9 Å². The van der Waals surface area contributed by atoms with E-state index in [1.165, 1.54) is 0 Å². The smallest absolute Gasteiger partial charge is 0.0855 e. The third kappa shape index (κ3) is 2.58. The van der Waals surface area contributed by atoms with Crippen molar-refractivity contribution in [1.29, 1.82) is 0 Å². The van der Waals surface area contributed by atoms with Crippen molar-refractivity contribution in [3.05, 3.63) is 35.9 Å². The predicted molar refractivity (Wildman–Crippen MR) is 59.6 cm³/mol.